The van der Waals surface area contributed by atoms with Crippen LogP contribution in [0.5, 0.6) is 0 Å². The highest BCUT2D eigenvalue weighted by Crippen LogP contribution is 2.69. The van der Waals surface area contributed by atoms with Gasteiger partial charge in [0.2, 0.25) is 0 Å². The van der Waals surface area contributed by atoms with Gasteiger partial charge in [-0.15, -0.1) is 0 Å². The molecule has 0 aromatic carbocycles. The van der Waals surface area contributed by atoms with Gasteiger partial charge in [-0.1, -0.05) is 13.8 Å². The Morgan fingerprint density at radius 2 is 2.03 bits per heavy atom. The maximum Gasteiger partial charge on any atom is 0.331 e. The van der Waals surface area contributed by atoms with E-state index in [1.165, 1.54) is 5.71 Å². The molecule has 0 aromatic heterocycles. The summed E-state index contributed by atoms with van der Waals surface area (Å²) in [5.74, 6) is 1.52. The number of hydrogen-bond donors (Lipinski definition) is 3. The minimum absolute atomic E-state index is 0.167. The Morgan fingerprint density at radius 3 is 2.74 bits per heavy atom. The predicted molar refractivity (Wildman–Crippen MR) is 123 cm³/mol. The lowest BCUT2D eigenvalue weighted by Gasteiger charge is -2.63. The van der Waals surface area contributed by atoms with E-state index in [0.29, 0.717) is 24.4 Å². The van der Waals surface area contributed by atoms with Gasteiger partial charge in [-0.3, -0.25) is 5.43 Å². The van der Waals surface area contributed by atoms with E-state index in [1.54, 1.807) is 6.08 Å². The van der Waals surface area contributed by atoms with Gasteiger partial charge in [0.25, 0.3) is 0 Å². The number of aliphatic hydroxyl groups is 1. The lowest BCUT2D eigenvalue weighted by Crippen LogP contribution is -2.62. The third-order valence-corrected chi connectivity index (χ3v) is 10.2. The van der Waals surface area contributed by atoms with E-state index in [4.69, 9.17) is 22.7 Å². The summed E-state index contributed by atoms with van der Waals surface area (Å²) >= 11 is 4.90. The van der Waals surface area contributed by atoms with Crippen LogP contribution in [0.25, 0.3) is 0 Å². The minimum atomic E-state index is -0.650. The number of nitrogens with zero attached hydrogens (tertiary/aromatic N) is 1. The van der Waals surface area contributed by atoms with Gasteiger partial charge in [0.05, 0.1) is 5.60 Å². The van der Waals surface area contributed by atoms with Crippen molar-refractivity contribution in [3.05, 3.63) is 11.6 Å². The van der Waals surface area contributed by atoms with E-state index in [-0.39, 0.29) is 27.8 Å². The van der Waals surface area contributed by atoms with Gasteiger partial charge < -0.3 is 15.6 Å². The second-order valence-corrected chi connectivity index (χ2v) is 11.6. The van der Waals surface area contributed by atoms with Crippen LogP contribution in [-0.2, 0) is 9.53 Å². The summed E-state index contributed by atoms with van der Waals surface area (Å²) in [5, 5.41) is 16.9. The average molecular weight is 446 g/mol. The van der Waals surface area contributed by atoms with Gasteiger partial charge in [-0.05, 0) is 105 Å². The topological polar surface area (TPSA) is 96.9 Å². The molecule has 0 saturated heterocycles. The van der Waals surface area contributed by atoms with Gasteiger partial charge in [0.15, 0.2) is 5.11 Å². The Hall–Kier alpha value is -1.47. The van der Waals surface area contributed by atoms with Crippen LogP contribution < -0.4 is 11.2 Å². The van der Waals surface area contributed by atoms with Crippen LogP contribution in [0.3, 0.4) is 0 Å². The van der Waals surface area contributed by atoms with Crippen molar-refractivity contribution in [3.63, 3.8) is 0 Å². The first kappa shape index (κ1) is 21.4. The number of cyclic esters (lactones) is 1. The SMILES string of the molecule is C[C@]12CC/C(=N/NC(N)=S)C[C@@H]1CC[C@@H]1[C@@H]2CC[C@]2(C)[C@@H](C3=CC(=O)OC3)CC[C@@]12O. The summed E-state index contributed by atoms with van der Waals surface area (Å²) in [5.41, 5.74) is 10.0. The number of thiocarbonyl (C=S) groups is 1. The molecule has 7 atom stereocenters. The molecule has 4 fully saturated rings. The number of hydrogen-bond acceptors (Lipinski definition) is 5. The molecule has 4 aliphatic carbocycles. The maximum absolute atomic E-state index is 12.2. The molecule has 0 unspecified atom stereocenters. The fraction of sp³-hybridized carbons (Fsp3) is 0.792. The first-order chi connectivity index (χ1) is 14.7. The smallest absolute Gasteiger partial charge is 0.331 e. The second kappa shape index (κ2) is 7.27. The van der Waals surface area contributed by atoms with Crippen molar-refractivity contribution in [1.29, 1.82) is 0 Å². The van der Waals surface area contributed by atoms with Crippen molar-refractivity contribution in [1.82, 2.24) is 5.43 Å². The zero-order chi connectivity index (χ0) is 22.0. The van der Waals surface area contributed by atoms with Gasteiger partial charge in [0.1, 0.15) is 6.61 Å². The first-order valence-electron chi connectivity index (χ1n) is 11.9. The fourth-order valence-electron chi connectivity index (χ4n) is 8.45. The minimum Gasteiger partial charge on any atom is -0.458 e. The number of rotatable bonds is 2. The molecular formula is C24H35N3O3S. The summed E-state index contributed by atoms with van der Waals surface area (Å²) < 4.78 is 5.23. The summed E-state index contributed by atoms with van der Waals surface area (Å²) in [6, 6.07) is 0. The third-order valence-electron chi connectivity index (χ3n) is 10.1. The number of nitrogens with two attached hydrogens (primary N) is 1. The highest BCUT2D eigenvalue weighted by Gasteiger charge is 2.67. The number of carbonyl (C=O) groups excluding carboxylic acids is 1. The number of esters is 1. The summed E-state index contributed by atoms with van der Waals surface area (Å²) in [6.07, 6.45) is 11.0. The molecule has 7 heteroatoms. The van der Waals surface area contributed by atoms with E-state index in [9.17, 15) is 9.90 Å². The lowest BCUT2D eigenvalue weighted by molar-refractivity contribution is -0.200. The molecule has 4 saturated carbocycles. The van der Waals surface area contributed by atoms with E-state index >= 15 is 0 Å². The molecular weight excluding hydrogens is 410 g/mol. The Labute approximate surface area is 190 Å². The zero-order valence-corrected chi connectivity index (χ0v) is 19.5. The van der Waals surface area contributed by atoms with Gasteiger partial charge in [-0.25, -0.2) is 4.79 Å². The second-order valence-electron chi connectivity index (χ2n) is 11.1. The molecule has 0 amide bonds. The highest BCUT2D eigenvalue weighted by molar-refractivity contribution is 7.80. The highest BCUT2D eigenvalue weighted by atomic mass is 32.1. The Balaban J connectivity index is 1.39. The molecule has 170 valence electrons. The number of carbonyl (C=O) groups is 1. The molecule has 0 aromatic rings. The standard InChI is InChI=1S/C24H35N3O3S/c1-22-8-5-16(26-27-21(25)31)12-15(22)3-4-19-18(22)6-9-23(2)17(7-10-24(19,23)29)14-11-20(28)30-13-14/h11,15,17-19,29H,3-10,12-13H2,1-2H3,(H3,25,27,31)/b26-16-/t15-,17+,18-,19+,22-,23+,24+/m0/s1. The molecule has 0 spiro atoms. The van der Waals surface area contributed by atoms with Gasteiger partial charge >= 0.3 is 5.97 Å². The molecule has 6 nitrogen and oxygen atoms in total. The van der Waals surface area contributed by atoms with Gasteiger partial charge in [-0.2, -0.15) is 5.10 Å². The van der Waals surface area contributed by atoms with Crippen LogP contribution in [0.1, 0.15) is 71.6 Å². The van der Waals surface area contributed by atoms with E-state index in [1.807, 2.05) is 0 Å². The number of nitrogens with one attached hydrogen (secondary N) is 1. The van der Waals surface area contributed by atoms with Crippen LogP contribution in [0.2, 0.25) is 0 Å². The van der Waals surface area contributed by atoms with E-state index in [2.05, 4.69) is 24.4 Å². The lowest BCUT2D eigenvalue weighted by atomic mass is 9.43. The van der Waals surface area contributed by atoms with Crippen LogP contribution in [0.15, 0.2) is 16.8 Å². The summed E-state index contributed by atoms with van der Waals surface area (Å²) in [6.45, 7) is 5.16. The van der Waals surface area contributed by atoms with Crippen molar-refractivity contribution in [2.45, 2.75) is 77.2 Å². The first-order valence-corrected chi connectivity index (χ1v) is 12.3. The molecule has 5 rings (SSSR count). The summed E-state index contributed by atoms with van der Waals surface area (Å²) in [4.78, 5) is 11.7. The largest absolute Gasteiger partial charge is 0.458 e. The zero-order valence-electron chi connectivity index (χ0n) is 18.7. The van der Waals surface area contributed by atoms with Crippen molar-refractivity contribution in [2.75, 3.05) is 6.61 Å². The molecule has 5 aliphatic rings. The molecule has 31 heavy (non-hydrogen) atoms. The number of ether oxygens (including phenoxy) is 1. The van der Waals surface area contributed by atoms with Crippen molar-refractivity contribution >= 4 is 29.0 Å². The molecule has 0 radical (unpaired) electrons. The molecule has 1 aliphatic heterocycles. The average Bonchev–Trinajstić information content (AvgIpc) is 3.26. The Kier molecular flexibility index (Phi) is 5.02. The normalized spacial score (nSPS) is 47.8. The molecule has 1 heterocycles. The Morgan fingerprint density at radius 1 is 1.23 bits per heavy atom. The Bertz CT molecular complexity index is 872. The van der Waals surface area contributed by atoms with Crippen LogP contribution in [-0.4, -0.2) is 34.1 Å². The van der Waals surface area contributed by atoms with Crippen molar-refractivity contribution < 1.29 is 14.6 Å². The number of fused-ring (bicyclic) bond motifs is 5. The van der Waals surface area contributed by atoms with E-state index in [0.717, 1.165) is 63.4 Å². The van der Waals surface area contributed by atoms with Crippen molar-refractivity contribution in [3.8, 4) is 0 Å². The van der Waals surface area contributed by atoms with E-state index < -0.39 is 5.60 Å². The van der Waals surface area contributed by atoms with Crippen LogP contribution in [0, 0.1) is 34.5 Å². The molecule has 0 bridgehead atoms. The quantitative estimate of drug-likeness (QED) is 0.342. The molecule has 4 N–H and O–H groups in total. The third kappa shape index (κ3) is 3.10. The number of hydrazone groups is 1. The predicted octanol–water partition coefficient (Wildman–Crippen LogP) is 3.43. The van der Waals surface area contributed by atoms with Crippen molar-refractivity contribution in [2.24, 2.45) is 45.3 Å². The van der Waals surface area contributed by atoms with Gasteiger partial charge in [0, 0.05) is 17.2 Å². The van der Waals surface area contributed by atoms with Crippen LogP contribution >= 0.6 is 12.2 Å². The summed E-state index contributed by atoms with van der Waals surface area (Å²) in [7, 11) is 0. The monoisotopic (exact) mass is 445 g/mol. The fourth-order valence-corrected chi connectivity index (χ4v) is 8.49. The maximum atomic E-state index is 12.2. The van der Waals surface area contributed by atoms with Crippen LogP contribution in [0.4, 0.5) is 0 Å².